The monoisotopic (exact) mass is 501 g/mol. The Balaban J connectivity index is 1.28. The molecule has 0 aliphatic heterocycles. The van der Waals surface area contributed by atoms with Crippen LogP contribution in [0, 0.1) is 0 Å². The number of aliphatic imine (C=N–C) groups is 1. The summed E-state index contributed by atoms with van der Waals surface area (Å²) in [7, 11) is 1.49. The van der Waals surface area contributed by atoms with Gasteiger partial charge in [0.15, 0.2) is 6.23 Å². The summed E-state index contributed by atoms with van der Waals surface area (Å²) < 4.78 is 16.5. The van der Waals surface area contributed by atoms with Crippen molar-refractivity contribution in [1.29, 1.82) is 0 Å². The Kier molecular flexibility index (Phi) is 7.88. The van der Waals surface area contributed by atoms with Crippen LogP contribution in [0.3, 0.4) is 0 Å². The molecule has 11 heteroatoms. The number of alkyl carbamates (subject to hydrolysis) is 1. The number of aliphatic hydroxyl groups is 1. The van der Waals surface area contributed by atoms with Crippen molar-refractivity contribution in [2.24, 2.45) is 4.99 Å². The summed E-state index contributed by atoms with van der Waals surface area (Å²) in [5.74, 6) is 1.40. The molecule has 2 fully saturated rings. The standard InChI is InChI=1S/C25H35N5O6/c1-4-26-13-18-20(31)10-17(34-3)11-21(18)35-14-23(32)27-22-12-19(29-30-22)15-5-6-16(9-15)36-24(33)28-25(2)7-8-25/h10-13,15-16,23,31-32H,4-9,14H2,1-3H3,(H,28,33)(H2,27,29,30)/t15-,16+,23?/m0/s1. The molecule has 2 aliphatic rings. The fourth-order valence-electron chi connectivity index (χ4n) is 4.21. The molecule has 196 valence electrons. The molecule has 36 heavy (non-hydrogen) atoms. The summed E-state index contributed by atoms with van der Waals surface area (Å²) in [5.41, 5.74) is 1.23. The van der Waals surface area contributed by atoms with Crippen LogP contribution in [0.1, 0.15) is 63.1 Å². The van der Waals surface area contributed by atoms with Crippen molar-refractivity contribution in [3.8, 4) is 17.2 Å². The Morgan fingerprint density at radius 1 is 1.36 bits per heavy atom. The highest BCUT2D eigenvalue weighted by Crippen LogP contribution is 2.37. The number of anilines is 1. The second kappa shape index (κ2) is 11.1. The highest BCUT2D eigenvalue weighted by Gasteiger charge is 2.40. The minimum atomic E-state index is -1.06. The Bertz CT molecular complexity index is 1080. The van der Waals surface area contributed by atoms with Gasteiger partial charge in [0.25, 0.3) is 0 Å². The summed E-state index contributed by atoms with van der Waals surface area (Å²) in [6.07, 6.45) is 4.38. The van der Waals surface area contributed by atoms with E-state index in [1.54, 1.807) is 6.07 Å². The highest BCUT2D eigenvalue weighted by molar-refractivity contribution is 5.87. The predicted molar refractivity (Wildman–Crippen MR) is 134 cm³/mol. The third-order valence-electron chi connectivity index (χ3n) is 6.54. The normalized spacial score (nSPS) is 21.2. The number of phenols is 1. The van der Waals surface area contributed by atoms with Crippen LogP contribution in [0.15, 0.2) is 23.2 Å². The number of carbonyl (C=O) groups excluding carboxylic acids is 1. The SMILES string of the molecule is CCN=Cc1c(O)cc(OC)cc1OCC(O)Nc1cc([C@H]2CC[C@@H](OC(=O)NC3(C)CC3)C2)[nH]n1. The number of ether oxygens (including phenoxy) is 3. The third kappa shape index (κ3) is 6.60. The van der Waals surface area contributed by atoms with Gasteiger partial charge < -0.3 is 35.1 Å². The number of hydrogen-bond acceptors (Lipinski definition) is 9. The summed E-state index contributed by atoms with van der Waals surface area (Å²) in [5, 5.41) is 33.8. The van der Waals surface area contributed by atoms with Gasteiger partial charge in [0, 0.05) is 48.1 Å². The number of rotatable bonds is 11. The number of carbonyl (C=O) groups is 1. The molecule has 1 aromatic carbocycles. The van der Waals surface area contributed by atoms with E-state index in [0.29, 0.717) is 29.4 Å². The van der Waals surface area contributed by atoms with Crippen LogP contribution in [0.2, 0.25) is 0 Å². The first kappa shape index (κ1) is 25.6. The second-order valence-corrected chi connectivity index (χ2v) is 9.59. The number of benzene rings is 1. The molecule has 11 nitrogen and oxygen atoms in total. The number of phenolic OH excluding ortho intramolecular Hbond substituents is 1. The molecule has 1 heterocycles. The molecular formula is C25H35N5O6. The van der Waals surface area contributed by atoms with Crippen molar-refractivity contribution in [2.45, 2.75) is 69.7 Å². The van der Waals surface area contributed by atoms with E-state index in [-0.39, 0.29) is 36.0 Å². The van der Waals surface area contributed by atoms with Gasteiger partial charge in [0.2, 0.25) is 0 Å². The van der Waals surface area contributed by atoms with Crippen molar-refractivity contribution in [1.82, 2.24) is 15.5 Å². The number of methoxy groups -OCH3 is 1. The van der Waals surface area contributed by atoms with Gasteiger partial charge in [-0.25, -0.2) is 4.79 Å². The summed E-state index contributed by atoms with van der Waals surface area (Å²) in [6, 6.07) is 4.94. The molecule has 0 saturated heterocycles. The lowest BCUT2D eigenvalue weighted by molar-refractivity contribution is 0.0967. The zero-order chi connectivity index (χ0) is 25.7. The first-order valence-corrected chi connectivity index (χ1v) is 12.3. The van der Waals surface area contributed by atoms with Crippen molar-refractivity contribution < 1.29 is 29.2 Å². The number of hydrogen-bond donors (Lipinski definition) is 5. The molecular weight excluding hydrogens is 466 g/mol. The lowest BCUT2D eigenvalue weighted by atomic mass is 10.0. The molecule has 0 radical (unpaired) electrons. The minimum absolute atomic E-state index is 0.0287. The van der Waals surface area contributed by atoms with E-state index in [9.17, 15) is 15.0 Å². The fourth-order valence-corrected chi connectivity index (χ4v) is 4.21. The Morgan fingerprint density at radius 2 is 2.17 bits per heavy atom. The molecule has 0 spiro atoms. The topological polar surface area (TPSA) is 150 Å². The quantitative estimate of drug-likeness (QED) is 0.232. The number of nitrogens with zero attached hydrogens (tertiary/aromatic N) is 2. The number of nitrogens with one attached hydrogen (secondary N) is 3. The fraction of sp³-hybridized carbons (Fsp3) is 0.560. The van der Waals surface area contributed by atoms with E-state index in [4.69, 9.17) is 14.2 Å². The lowest BCUT2D eigenvalue weighted by Gasteiger charge is -2.16. The molecule has 3 atom stereocenters. The maximum absolute atomic E-state index is 12.1. The number of aromatic amines is 1. The van der Waals surface area contributed by atoms with Crippen LogP contribution >= 0.6 is 0 Å². The molecule has 2 saturated carbocycles. The Morgan fingerprint density at radius 3 is 2.89 bits per heavy atom. The van der Waals surface area contributed by atoms with Crippen LogP contribution in [0.5, 0.6) is 17.2 Å². The van der Waals surface area contributed by atoms with Gasteiger partial charge in [-0.05, 0) is 46.0 Å². The van der Waals surface area contributed by atoms with Crippen LogP contribution in [-0.4, -0.2) is 70.9 Å². The van der Waals surface area contributed by atoms with Gasteiger partial charge in [0.1, 0.15) is 35.8 Å². The van der Waals surface area contributed by atoms with Crippen molar-refractivity contribution >= 4 is 18.1 Å². The molecule has 0 bridgehead atoms. The number of aromatic hydroxyl groups is 1. The average Bonchev–Trinajstić information content (AvgIpc) is 3.20. The molecule has 4 rings (SSSR count). The smallest absolute Gasteiger partial charge is 0.407 e. The summed E-state index contributed by atoms with van der Waals surface area (Å²) in [6.45, 7) is 4.35. The van der Waals surface area contributed by atoms with Gasteiger partial charge in [-0.3, -0.25) is 10.1 Å². The van der Waals surface area contributed by atoms with Crippen molar-refractivity contribution in [3.63, 3.8) is 0 Å². The van der Waals surface area contributed by atoms with Crippen LogP contribution in [0.4, 0.5) is 10.6 Å². The van der Waals surface area contributed by atoms with Crippen LogP contribution in [0.25, 0.3) is 0 Å². The minimum Gasteiger partial charge on any atom is -0.507 e. The first-order chi connectivity index (χ1) is 17.3. The molecule has 2 aliphatic carbocycles. The Hall–Kier alpha value is -3.47. The third-order valence-corrected chi connectivity index (χ3v) is 6.54. The maximum atomic E-state index is 12.1. The van der Waals surface area contributed by atoms with E-state index in [1.165, 1.54) is 19.4 Å². The maximum Gasteiger partial charge on any atom is 0.407 e. The van der Waals surface area contributed by atoms with Gasteiger partial charge >= 0.3 is 6.09 Å². The lowest BCUT2D eigenvalue weighted by Crippen LogP contribution is -2.36. The predicted octanol–water partition coefficient (Wildman–Crippen LogP) is 3.29. The van der Waals surface area contributed by atoms with Gasteiger partial charge in [-0.15, -0.1) is 0 Å². The first-order valence-electron chi connectivity index (χ1n) is 12.3. The number of H-pyrrole nitrogens is 1. The van der Waals surface area contributed by atoms with E-state index in [0.717, 1.165) is 37.8 Å². The Labute approximate surface area is 210 Å². The van der Waals surface area contributed by atoms with Gasteiger partial charge in [0.05, 0.1) is 12.7 Å². The zero-order valence-electron chi connectivity index (χ0n) is 20.9. The molecule has 1 unspecified atom stereocenters. The summed E-state index contributed by atoms with van der Waals surface area (Å²) in [4.78, 5) is 16.2. The van der Waals surface area contributed by atoms with Crippen molar-refractivity contribution in [3.05, 3.63) is 29.5 Å². The van der Waals surface area contributed by atoms with Crippen molar-refractivity contribution in [2.75, 3.05) is 25.6 Å². The molecule has 2 aromatic rings. The summed E-state index contributed by atoms with van der Waals surface area (Å²) >= 11 is 0. The molecule has 1 amide bonds. The second-order valence-electron chi connectivity index (χ2n) is 9.59. The zero-order valence-corrected chi connectivity index (χ0v) is 20.9. The van der Waals surface area contributed by atoms with E-state index in [1.807, 2.05) is 19.9 Å². The van der Waals surface area contributed by atoms with E-state index < -0.39 is 6.23 Å². The molecule has 5 N–H and O–H groups in total. The number of aromatic nitrogens is 2. The van der Waals surface area contributed by atoms with E-state index in [2.05, 4.69) is 25.8 Å². The van der Waals surface area contributed by atoms with Gasteiger partial charge in [-0.2, -0.15) is 5.10 Å². The number of aliphatic hydroxyl groups excluding tert-OH is 1. The highest BCUT2D eigenvalue weighted by atomic mass is 16.6. The van der Waals surface area contributed by atoms with E-state index >= 15 is 0 Å². The average molecular weight is 502 g/mol. The van der Waals surface area contributed by atoms with Crippen LogP contribution < -0.4 is 20.1 Å². The van der Waals surface area contributed by atoms with Gasteiger partial charge in [-0.1, -0.05) is 0 Å². The largest absolute Gasteiger partial charge is 0.507 e. The molecule has 1 aromatic heterocycles. The van der Waals surface area contributed by atoms with Crippen LogP contribution in [-0.2, 0) is 4.74 Å². The number of amides is 1.